The minimum absolute atomic E-state index is 0.0131. The number of aliphatic imine (C=N–C) groups is 1. The maximum Gasteiger partial charge on any atom is 0.264 e. The van der Waals surface area contributed by atoms with E-state index in [0.29, 0.717) is 34.4 Å². The molecule has 0 aliphatic carbocycles. The van der Waals surface area contributed by atoms with Crippen molar-refractivity contribution in [1.82, 2.24) is 30.9 Å². The first-order valence-electron chi connectivity index (χ1n) is 20.9. The number of hydrogen-bond acceptors (Lipinski definition) is 9. The predicted octanol–water partition coefficient (Wildman–Crippen LogP) is 3.83. The van der Waals surface area contributed by atoms with E-state index in [1.165, 1.54) is 43.2 Å². The van der Waals surface area contributed by atoms with Crippen LogP contribution in [0.2, 0.25) is 0 Å². The highest BCUT2D eigenvalue weighted by Gasteiger charge is 2.39. The molecule has 0 aromatic heterocycles. The smallest absolute Gasteiger partial charge is 0.264 e. The Morgan fingerprint density at radius 3 is 2.16 bits per heavy atom. The Morgan fingerprint density at radius 2 is 1.59 bits per heavy atom. The van der Waals surface area contributed by atoms with E-state index in [-0.39, 0.29) is 43.7 Å². The fourth-order valence-corrected chi connectivity index (χ4v) is 8.69. The molecule has 1 unspecified atom stereocenters. The molecule has 1 aliphatic rings. The van der Waals surface area contributed by atoms with E-state index in [1.807, 2.05) is 13.8 Å². The number of halogens is 1. The number of nitrogens with one attached hydrogen (secondary N) is 5. The first kappa shape index (κ1) is 51.6. The van der Waals surface area contributed by atoms with Crippen LogP contribution < -0.4 is 36.5 Å². The molecule has 4 atom stereocenters. The zero-order valence-electron chi connectivity index (χ0n) is 38.2. The van der Waals surface area contributed by atoms with Crippen LogP contribution in [0.15, 0.2) is 59.5 Å². The van der Waals surface area contributed by atoms with Gasteiger partial charge >= 0.3 is 0 Å². The lowest BCUT2D eigenvalue weighted by Gasteiger charge is -2.32. The number of amides is 5. The number of fused-ring (bicyclic) bond motifs is 1. The molecule has 346 valence electrons. The second-order valence-electron chi connectivity index (χ2n) is 17.0. The Balaban J connectivity index is 1.88. The SMILES string of the molecule is C=CCN(C)C(=O)[C@H](NC(=O)[C@H](CC)NC(=O)[C@H](CCCN=C(N)NS(=O)(=O)c1c(C)c(C)c2c(c1C)CC(C)(C)O2)NC(=O)C(C)(CC=C)NC(=O)C(C)C)c1ccc(F)cc1. The molecule has 5 amide bonds. The number of rotatable bonds is 21. The summed E-state index contributed by atoms with van der Waals surface area (Å²) in [6, 6.07) is 1.32. The Hall–Kier alpha value is -5.78. The van der Waals surface area contributed by atoms with Gasteiger partial charge in [-0.05, 0) is 102 Å². The number of carbonyl (C=O) groups excluding carboxylic acids is 5. The Labute approximate surface area is 371 Å². The van der Waals surface area contributed by atoms with Crippen molar-refractivity contribution in [3.05, 3.63) is 83.2 Å². The van der Waals surface area contributed by atoms with Crippen molar-refractivity contribution < 1.29 is 41.5 Å². The number of nitrogens with zero attached hydrogens (tertiary/aromatic N) is 2. The minimum Gasteiger partial charge on any atom is -0.487 e. The minimum atomic E-state index is -4.20. The van der Waals surface area contributed by atoms with Crippen LogP contribution in [0.25, 0.3) is 0 Å². The summed E-state index contributed by atoms with van der Waals surface area (Å²) < 4.78 is 49.8. The van der Waals surface area contributed by atoms with Crippen molar-refractivity contribution in [3.8, 4) is 5.75 Å². The second kappa shape index (κ2) is 21.5. The van der Waals surface area contributed by atoms with Crippen molar-refractivity contribution in [3.63, 3.8) is 0 Å². The van der Waals surface area contributed by atoms with Gasteiger partial charge in [-0.15, -0.1) is 13.2 Å². The summed E-state index contributed by atoms with van der Waals surface area (Å²) in [7, 11) is -2.68. The average molecular weight is 897 g/mol. The average Bonchev–Trinajstić information content (AvgIpc) is 3.54. The molecule has 1 aliphatic heterocycles. The number of nitrogens with two attached hydrogens (primary N) is 1. The molecule has 0 saturated carbocycles. The van der Waals surface area contributed by atoms with Gasteiger partial charge in [0.25, 0.3) is 10.0 Å². The van der Waals surface area contributed by atoms with Crippen LogP contribution in [0.4, 0.5) is 4.39 Å². The fraction of sp³-hybridized carbons (Fsp3) is 0.511. The molecule has 3 rings (SSSR count). The van der Waals surface area contributed by atoms with Gasteiger partial charge in [0.15, 0.2) is 0 Å². The Kier molecular flexibility index (Phi) is 17.6. The zero-order valence-corrected chi connectivity index (χ0v) is 39.0. The lowest BCUT2D eigenvalue weighted by Crippen LogP contribution is -2.61. The lowest BCUT2D eigenvalue weighted by atomic mass is 9.94. The number of hydrogen-bond donors (Lipinski definition) is 6. The van der Waals surface area contributed by atoms with Crippen LogP contribution >= 0.6 is 0 Å². The van der Waals surface area contributed by atoms with Crippen molar-refractivity contribution in [2.45, 2.75) is 129 Å². The van der Waals surface area contributed by atoms with Crippen molar-refractivity contribution >= 4 is 45.5 Å². The van der Waals surface area contributed by atoms with Gasteiger partial charge in [-0.3, -0.25) is 29.0 Å². The van der Waals surface area contributed by atoms with E-state index >= 15 is 0 Å². The van der Waals surface area contributed by atoms with Crippen LogP contribution in [-0.2, 0) is 40.4 Å². The van der Waals surface area contributed by atoms with Gasteiger partial charge in [-0.2, -0.15) is 0 Å². The molecule has 7 N–H and O–H groups in total. The molecule has 0 bridgehead atoms. The summed E-state index contributed by atoms with van der Waals surface area (Å²) in [5.41, 5.74) is 6.97. The van der Waals surface area contributed by atoms with E-state index in [4.69, 9.17) is 10.5 Å². The zero-order chi connectivity index (χ0) is 47.6. The monoisotopic (exact) mass is 896 g/mol. The molecular weight excluding hydrogens is 832 g/mol. The number of ether oxygens (including phenoxy) is 1. The number of sulfonamides is 1. The van der Waals surface area contributed by atoms with Crippen LogP contribution in [0, 0.1) is 32.5 Å². The second-order valence-corrected chi connectivity index (χ2v) is 18.6. The summed E-state index contributed by atoms with van der Waals surface area (Å²) in [6.07, 6.45) is 3.60. The first-order valence-corrected chi connectivity index (χ1v) is 22.4. The summed E-state index contributed by atoms with van der Waals surface area (Å²) in [6.45, 7) is 23.0. The Morgan fingerprint density at radius 1 is 0.968 bits per heavy atom. The Bertz CT molecular complexity index is 2210. The van der Waals surface area contributed by atoms with Gasteiger partial charge in [0.2, 0.25) is 35.5 Å². The van der Waals surface area contributed by atoms with Gasteiger partial charge in [0.1, 0.15) is 40.8 Å². The molecule has 0 spiro atoms. The van der Waals surface area contributed by atoms with E-state index in [0.717, 1.165) is 17.7 Å². The highest BCUT2D eigenvalue weighted by Crippen LogP contribution is 2.43. The molecule has 0 fully saturated rings. The van der Waals surface area contributed by atoms with Crippen molar-refractivity contribution in [1.29, 1.82) is 0 Å². The summed E-state index contributed by atoms with van der Waals surface area (Å²) in [5.74, 6) is -3.85. The topological polar surface area (TPSA) is 230 Å². The molecule has 2 aromatic carbocycles. The van der Waals surface area contributed by atoms with E-state index < -0.39 is 86.5 Å². The van der Waals surface area contributed by atoms with Gasteiger partial charge in [0, 0.05) is 38.0 Å². The normalized spacial score (nSPS) is 15.7. The molecular formula is C45H65FN8O8S. The molecule has 16 nitrogen and oxygen atoms in total. The quantitative estimate of drug-likeness (QED) is 0.0463. The van der Waals surface area contributed by atoms with E-state index in [1.54, 1.807) is 41.5 Å². The third kappa shape index (κ3) is 13.1. The third-order valence-corrected chi connectivity index (χ3v) is 12.5. The third-order valence-electron chi connectivity index (χ3n) is 10.9. The largest absolute Gasteiger partial charge is 0.487 e. The van der Waals surface area contributed by atoms with Gasteiger partial charge < -0.3 is 36.6 Å². The predicted molar refractivity (Wildman–Crippen MR) is 241 cm³/mol. The molecule has 2 aromatic rings. The molecule has 1 heterocycles. The molecule has 0 radical (unpaired) electrons. The first-order chi connectivity index (χ1) is 29.3. The maximum atomic E-state index is 14.1. The summed E-state index contributed by atoms with van der Waals surface area (Å²) in [4.78, 5) is 73.6. The van der Waals surface area contributed by atoms with Crippen molar-refractivity contribution in [2.75, 3.05) is 20.1 Å². The van der Waals surface area contributed by atoms with E-state index in [2.05, 4.69) is 44.1 Å². The van der Waals surface area contributed by atoms with Crippen LogP contribution in [-0.4, -0.2) is 92.2 Å². The number of likely N-dealkylation sites (N-methyl/N-ethyl adjacent to an activating group) is 1. The standard InChI is InChI=1S/C45H65FN8O8S/c1-13-22-45(11,52-38(55)26(4)5)42(59)50-34(40(57)49-33(15-3)39(56)51-35(41(58)54(12)24-14-2)30-18-20-31(46)21-19-30)17-16-23-48-43(47)53-63(60,61)37-28(7)27(6)36-32(29(37)8)25-44(9,10)62-36/h13-14,18-21,26,33-35H,1-2,15-17,22-25H2,3-12H3,(H,49,57)(H,50,59)(H,51,56)(H,52,55)(H3,47,48,53)/t33-,34-,35+,45?/m0/s1. The highest BCUT2D eigenvalue weighted by molar-refractivity contribution is 7.90. The maximum absolute atomic E-state index is 14.1. The molecule has 63 heavy (non-hydrogen) atoms. The molecule has 18 heteroatoms. The number of carbonyl (C=O) groups is 5. The van der Waals surface area contributed by atoms with Gasteiger partial charge in [-0.1, -0.05) is 45.1 Å². The van der Waals surface area contributed by atoms with Gasteiger partial charge in [-0.25, -0.2) is 17.5 Å². The van der Waals surface area contributed by atoms with Gasteiger partial charge in [0.05, 0.1) is 4.90 Å². The fourth-order valence-electron chi connectivity index (χ4n) is 7.17. The number of guanidine groups is 1. The number of benzene rings is 2. The summed E-state index contributed by atoms with van der Waals surface area (Å²) >= 11 is 0. The van der Waals surface area contributed by atoms with E-state index in [9.17, 15) is 36.8 Å². The molecule has 0 saturated heterocycles. The summed E-state index contributed by atoms with van der Waals surface area (Å²) in [5, 5.41) is 10.8. The lowest BCUT2D eigenvalue weighted by molar-refractivity contribution is -0.138. The highest BCUT2D eigenvalue weighted by atomic mass is 32.2. The van der Waals surface area contributed by atoms with Crippen LogP contribution in [0.5, 0.6) is 5.75 Å². The van der Waals surface area contributed by atoms with Crippen molar-refractivity contribution in [2.24, 2.45) is 16.6 Å². The van der Waals surface area contributed by atoms with Crippen LogP contribution in [0.1, 0.15) is 101 Å². The van der Waals surface area contributed by atoms with Crippen LogP contribution in [0.3, 0.4) is 0 Å².